The van der Waals surface area contributed by atoms with Crippen molar-refractivity contribution in [2.75, 3.05) is 27.9 Å². The first kappa shape index (κ1) is 26.2. The van der Waals surface area contributed by atoms with Gasteiger partial charge in [-0.2, -0.15) is 0 Å². The molecule has 1 aliphatic heterocycles. The molecule has 1 aromatic heterocycles. The number of hydrogen-bond donors (Lipinski definition) is 0. The molecular weight excluding hydrogens is 516 g/mol. The fourth-order valence-corrected chi connectivity index (χ4v) is 5.90. The lowest BCUT2D eigenvalue weighted by Gasteiger charge is -2.26. The van der Waals surface area contributed by atoms with E-state index in [0.29, 0.717) is 37.8 Å². The van der Waals surface area contributed by atoms with Crippen molar-refractivity contribution in [1.82, 2.24) is 4.57 Å². The molecule has 4 aromatic rings. The molecular formula is C30H28N2O6S. The molecule has 1 atom stereocenters. The molecule has 8 nitrogen and oxygen atoms in total. The molecule has 5 rings (SSSR count). The first-order valence-electron chi connectivity index (χ1n) is 12.4. The second kappa shape index (κ2) is 10.8. The van der Waals surface area contributed by atoms with Gasteiger partial charge in [-0.15, -0.1) is 0 Å². The van der Waals surface area contributed by atoms with Gasteiger partial charge in [-0.1, -0.05) is 41.7 Å². The van der Waals surface area contributed by atoms with Gasteiger partial charge in [0.15, 0.2) is 4.80 Å². The molecule has 2 heterocycles. The minimum Gasteiger partial charge on any atom is -0.497 e. The first-order valence-corrected chi connectivity index (χ1v) is 13.2. The quantitative estimate of drug-likeness (QED) is 0.327. The van der Waals surface area contributed by atoms with E-state index in [1.54, 1.807) is 53.4 Å². The minimum atomic E-state index is -0.832. The Balaban J connectivity index is 1.82. The number of carbonyl (C=O) groups is 1. The van der Waals surface area contributed by atoms with Crippen molar-refractivity contribution < 1.29 is 23.7 Å². The number of nitrogens with zero attached hydrogens (tertiary/aromatic N) is 2. The Hall–Kier alpha value is -4.37. The molecule has 0 saturated heterocycles. The Labute approximate surface area is 229 Å². The Morgan fingerprint density at radius 3 is 2.49 bits per heavy atom. The Morgan fingerprint density at radius 1 is 1.03 bits per heavy atom. The van der Waals surface area contributed by atoms with Crippen LogP contribution in [0.5, 0.6) is 17.2 Å². The lowest BCUT2D eigenvalue weighted by molar-refractivity contribution is -0.139. The number of rotatable bonds is 7. The fourth-order valence-electron chi connectivity index (χ4n) is 4.87. The van der Waals surface area contributed by atoms with E-state index in [0.717, 1.165) is 16.3 Å². The number of benzene rings is 3. The summed E-state index contributed by atoms with van der Waals surface area (Å²) < 4.78 is 24.2. The van der Waals surface area contributed by atoms with Gasteiger partial charge in [-0.3, -0.25) is 9.36 Å². The van der Waals surface area contributed by atoms with Crippen molar-refractivity contribution in [3.8, 4) is 17.2 Å². The molecule has 0 N–H and O–H groups in total. The second-order valence-corrected chi connectivity index (χ2v) is 9.82. The zero-order valence-corrected chi connectivity index (χ0v) is 23.1. The number of aromatic nitrogens is 1. The highest BCUT2D eigenvalue weighted by Crippen LogP contribution is 2.38. The van der Waals surface area contributed by atoms with Crippen LogP contribution in [0, 0.1) is 0 Å². The van der Waals surface area contributed by atoms with Crippen molar-refractivity contribution in [2.24, 2.45) is 4.99 Å². The lowest BCUT2D eigenvalue weighted by Crippen LogP contribution is -2.40. The van der Waals surface area contributed by atoms with Gasteiger partial charge in [0.2, 0.25) is 0 Å². The topological polar surface area (TPSA) is 88.4 Å². The Morgan fingerprint density at radius 2 is 1.77 bits per heavy atom. The highest BCUT2D eigenvalue weighted by Gasteiger charge is 2.35. The van der Waals surface area contributed by atoms with Gasteiger partial charge in [-0.25, -0.2) is 9.79 Å². The van der Waals surface area contributed by atoms with Crippen molar-refractivity contribution in [2.45, 2.75) is 19.9 Å². The van der Waals surface area contributed by atoms with Gasteiger partial charge in [0.05, 0.1) is 43.7 Å². The van der Waals surface area contributed by atoms with Crippen LogP contribution in [0.1, 0.15) is 31.0 Å². The summed E-state index contributed by atoms with van der Waals surface area (Å²) in [6.45, 7) is 3.67. The van der Waals surface area contributed by atoms with E-state index in [1.807, 2.05) is 42.5 Å². The third-order valence-electron chi connectivity index (χ3n) is 6.67. The van der Waals surface area contributed by atoms with Crippen LogP contribution < -0.4 is 29.1 Å². The standard InChI is InChI=1S/C30H28N2O6S/c1-6-38-29(34)26-17(2)31-30-32(27(26)22-15-19(35-3)12-14-24(22)37-5)28(33)25(39-30)16-21-20-10-8-7-9-18(20)11-13-23(21)36-4/h7-16,27H,6H2,1-5H3/b25-16-/t27-/m0/s1. The lowest BCUT2D eigenvalue weighted by atomic mass is 9.94. The molecule has 0 unspecified atom stereocenters. The third-order valence-corrected chi connectivity index (χ3v) is 7.66. The number of ether oxygens (including phenoxy) is 4. The largest absolute Gasteiger partial charge is 0.497 e. The fraction of sp³-hybridized carbons (Fsp3) is 0.233. The molecule has 200 valence electrons. The molecule has 0 aliphatic carbocycles. The van der Waals surface area contributed by atoms with Crippen LogP contribution in [0.2, 0.25) is 0 Å². The highest BCUT2D eigenvalue weighted by molar-refractivity contribution is 7.07. The highest BCUT2D eigenvalue weighted by atomic mass is 32.1. The van der Waals surface area contributed by atoms with E-state index in [2.05, 4.69) is 4.99 Å². The number of fused-ring (bicyclic) bond motifs is 2. The van der Waals surface area contributed by atoms with E-state index < -0.39 is 12.0 Å². The monoisotopic (exact) mass is 544 g/mol. The predicted molar refractivity (Wildman–Crippen MR) is 150 cm³/mol. The summed E-state index contributed by atoms with van der Waals surface area (Å²) in [6, 6.07) is 16.2. The van der Waals surface area contributed by atoms with E-state index in [-0.39, 0.29) is 17.7 Å². The van der Waals surface area contributed by atoms with Crippen LogP contribution in [-0.2, 0) is 9.53 Å². The maximum Gasteiger partial charge on any atom is 0.338 e. The minimum absolute atomic E-state index is 0.183. The zero-order valence-electron chi connectivity index (χ0n) is 22.3. The molecule has 0 radical (unpaired) electrons. The number of allylic oxidation sites excluding steroid dienone is 1. The van der Waals surface area contributed by atoms with Gasteiger partial charge in [0.1, 0.15) is 23.3 Å². The molecule has 3 aromatic carbocycles. The summed E-state index contributed by atoms with van der Waals surface area (Å²) in [5.41, 5.74) is 1.82. The number of carbonyl (C=O) groups excluding carboxylic acids is 1. The van der Waals surface area contributed by atoms with Crippen molar-refractivity contribution in [3.63, 3.8) is 0 Å². The second-order valence-electron chi connectivity index (χ2n) is 8.81. The maximum atomic E-state index is 14.1. The van der Waals surface area contributed by atoms with E-state index >= 15 is 0 Å². The van der Waals surface area contributed by atoms with Crippen LogP contribution >= 0.6 is 11.3 Å². The molecule has 0 saturated carbocycles. The number of thiazole rings is 1. The summed E-state index contributed by atoms with van der Waals surface area (Å²) in [4.78, 5) is 32.5. The van der Waals surface area contributed by atoms with E-state index in [4.69, 9.17) is 18.9 Å². The summed E-state index contributed by atoms with van der Waals surface area (Å²) in [7, 11) is 4.71. The van der Waals surface area contributed by atoms with E-state index in [9.17, 15) is 9.59 Å². The molecule has 9 heteroatoms. The normalized spacial score (nSPS) is 15.1. The summed E-state index contributed by atoms with van der Waals surface area (Å²) in [5.74, 6) is 1.17. The summed E-state index contributed by atoms with van der Waals surface area (Å²) in [5, 5.41) is 1.98. The molecule has 0 bridgehead atoms. The van der Waals surface area contributed by atoms with Crippen LogP contribution in [0.3, 0.4) is 0 Å². The van der Waals surface area contributed by atoms with Crippen molar-refractivity contribution >= 4 is 34.2 Å². The Bertz CT molecular complexity index is 1800. The van der Waals surface area contributed by atoms with Crippen LogP contribution in [0.15, 0.2) is 75.7 Å². The SMILES string of the molecule is CCOC(=O)C1=C(C)N=c2s/c(=C\c3c(OC)ccc4ccccc34)c(=O)n2[C@H]1c1cc(OC)ccc1OC. The van der Waals surface area contributed by atoms with Gasteiger partial charge in [-0.05, 0) is 55.0 Å². The van der Waals surface area contributed by atoms with Gasteiger partial charge >= 0.3 is 5.97 Å². The van der Waals surface area contributed by atoms with E-state index in [1.165, 1.54) is 15.9 Å². The average molecular weight is 545 g/mol. The predicted octanol–water partition coefficient (Wildman–Crippen LogP) is 3.98. The zero-order chi connectivity index (χ0) is 27.7. The van der Waals surface area contributed by atoms with Gasteiger partial charge < -0.3 is 18.9 Å². The smallest absolute Gasteiger partial charge is 0.338 e. The molecule has 1 aliphatic rings. The van der Waals surface area contributed by atoms with Crippen LogP contribution in [-0.4, -0.2) is 38.5 Å². The van der Waals surface area contributed by atoms with Crippen LogP contribution in [0.4, 0.5) is 0 Å². The van der Waals surface area contributed by atoms with Crippen LogP contribution in [0.25, 0.3) is 16.8 Å². The third kappa shape index (κ3) is 4.59. The summed E-state index contributed by atoms with van der Waals surface area (Å²) >= 11 is 1.25. The Kier molecular flexibility index (Phi) is 7.26. The number of hydrogen-bond acceptors (Lipinski definition) is 8. The molecule has 39 heavy (non-hydrogen) atoms. The first-order chi connectivity index (χ1) is 18.9. The molecule has 0 amide bonds. The number of esters is 1. The maximum absolute atomic E-state index is 14.1. The van der Waals surface area contributed by atoms with Crippen molar-refractivity contribution in [1.29, 1.82) is 0 Å². The average Bonchev–Trinajstić information content (AvgIpc) is 3.26. The molecule has 0 fully saturated rings. The summed E-state index contributed by atoms with van der Waals surface area (Å²) in [6.07, 6.45) is 1.83. The van der Waals surface area contributed by atoms with Gasteiger partial charge in [0, 0.05) is 11.1 Å². The molecule has 0 spiro atoms. The van der Waals surface area contributed by atoms with Gasteiger partial charge in [0.25, 0.3) is 5.56 Å². The van der Waals surface area contributed by atoms with Crippen molar-refractivity contribution in [3.05, 3.63) is 96.7 Å². The number of methoxy groups -OCH3 is 3.